The molecule has 3 heteroatoms. The van der Waals surface area contributed by atoms with Gasteiger partial charge in [0.15, 0.2) is 5.78 Å². The number of carbonyl (C=O) groups is 1. The molecule has 0 heterocycles. The summed E-state index contributed by atoms with van der Waals surface area (Å²) in [5, 5.41) is 18.1. The lowest BCUT2D eigenvalue weighted by atomic mass is 10.0. The summed E-state index contributed by atoms with van der Waals surface area (Å²) in [6.45, 7) is 3.14. The summed E-state index contributed by atoms with van der Waals surface area (Å²) in [7, 11) is 0. The second kappa shape index (κ2) is 3.58. The summed E-state index contributed by atoms with van der Waals surface area (Å²) in [5.41, 5.74) is 1.12. The first-order valence-electron chi connectivity index (χ1n) is 4.04. The molecule has 0 fully saturated rings. The number of aliphatic hydroxyl groups excluding tert-OH is 1. The van der Waals surface area contributed by atoms with Crippen molar-refractivity contribution in [1.82, 2.24) is 0 Å². The molecule has 1 atom stereocenters. The first-order chi connectivity index (χ1) is 6.02. The zero-order valence-electron chi connectivity index (χ0n) is 7.61. The van der Waals surface area contributed by atoms with Gasteiger partial charge in [-0.15, -0.1) is 0 Å². The summed E-state index contributed by atoms with van der Waals surface area (Å²) in [6, 6.07) is 4.44. The largest absolute Gasteiger partial charge is 0.508 e. The Labute approximate surface area is 76.6 Å². The Balaban J connectivity index is 3.09. The molecule has 3 nitrogen and oxygen atoms in total. The second-order valence-electron chi connectivity index (χ2n) is 3.04. The number of phenols is 1. The number of ketones is 1. The van der Waals surface area contributed by atoms with Crippen LogP contribution in [-0.4, -0.2) is 22.1 Å². The van der Waals surface area contributed by atoms with Crippen molar-refractivity contribution in [1.29, 1.82) is 0 Å². The molecular weight excluding hydrogens is 168 g/mol. The highest BCUT2D eigenvalue weighted by molar-refractivity contribution is 6.00. The molecule has 2 N–H and O–H groups in total. The zero-order valence-corrected chi connectivity index (χ0v) is 7.61. The third kappa shape index (κ3) is 2.06. The minimum Gasteiger partial charge on any atom is -0.508 e. The monoisotopic (exact) mass is 180 g/mol. The Morgan fingerprint density at radius 3 is 2.54 bits per heavy atom. The molecule has 0 radical (unpaired) electrons. The van der Waals surface area contributed by atoms with Crippen LogP contribution in [-0.2, 0) is 0 Å². The normalized spacial score (nSPS) is 12.5. The van der Waals surface area contributed by atoms with E-state index in [-0.39, 0.29) is 11.5 Å². The number of hydrogen-bond acceptors (Lipinski definition) is 3. The van der Waals surface area contributed by atoms with E-state index < -0.39 is 6.10 Å². The predicted molar refractivity (Wildman–Crippen MR) is 48.9 cm³/mol. The Hall–Kier alpha value is -1.35. The summed E-state index contributed by atoms with van der Waals surface area (Å²) in [4.78, 5) is 11.3. The van der Waals surface area contributed by atoms with Crippen molar-refractivity contribution in [2.75, 3.05) is 0 Å². The van der Waals surface area contributed by atoms with Crippen molar-refractivity contribution in [3.05, 3.63) is 29.3 Å². The van der Waals surface area contributed by atoms with Crippen LogP contribution in [0.3, 0.4) is 0 Å². The third-order valence-corrected chi connectivity index (χ3v) is 1.85. The molecule has 0 spiro atoms. The average molecular weight is 180 g/mol. The summed E-state index contributed by atoms with van der Waals surface area (Å²) in [5.74, 6) is -0.197. The van der Waals surface area contributed by atoms with Gasteiger partial charge in [-0.2, -0.15) is 0 Å². The van der Waals surface area contributed by atoms with Crippen LogP contribution in [0.4, 0.5) is 0 Å². The van der Waals surface area contributed by atoms with Gasteiger partial charge in [-0.25, -0.2) is 0 Å². The molecule has 0 bridgehead atoms. The molecule has 0 aliphatic rings. The summed E-state index contributed by atoms with van der Waals surface area (Å²) in [6.07, 6.45) is -0.997. The molecule has 0 aromatic heterocycles. The molecule has 0 saturated heterocycles. The Kier molecular flexibility index (Phi) is 2.68. The Morgan fingerprint density at radius 1 is 1.46 bits per heavy atom. The molecule has 13 heavy (non-hydrogen) atoms. The lowest BCUT2D eigenvalue weighted by Gasteiger charge is -2.06. The lowest BCUT2D eigenvalue weighted by molar-refractivity contribution is 0.0779. The van der Waals surface area contributed by atoms with E-state index in [1.165, 1.54) is 25.1 Å². The molecule has 1 aromatic carbocycles. The number of rotatable bonds is 2. The standard InChI is InChI=1S/C10H12O3/c1-6-5-8(12)3-4-9(6)10(13)7(2)11/h3-5,7,11-12H,1-2H3. The fourth-order valence-electron chi connectivity index (χ4n) is 1.15. The van der Waals surface area contributed by atoms with Gasteiger partial charge in [0.1, 0.15) is 11.9 Å². The van der Waals surface area contributed by atoms with Gasteiger partial charge in [-0.1, -0.05) is 0 Å². The zero-order chi connectivity index (χ0) is 10.0. The highest BCUT2D eigenvalue weighted by Crippen LogP contribution is 2.16. The highest BCUT2D eigenvalue weighted by atomic mass is 16.3. The van der Waals surface area contributed by atoms with Gasteiger partial charge in [-0.05, 0) is 37.6 Å². The van der Waals surface area contributed by atoms with Gasteiger partial charge in [-0.3, -0.25) is 4.79 Å². The maximum Gasteiger partial charge on any atom is 0.191 e. The number of hydrogen-bond donors (Lipinski definition) is 2. The second-order valence-corrected chi connectivity index (χ2v) is 3.04. The minimum absolute atomic E-state index is 0.125. The third-order valence-electron chi connectivity index (χ3n) is 1.85. The molecule has 0 aliphatic carbocycles. The maximum absolute atomic E-state index is 11.3. The Morgan fingerprint density at radius 2 is 2.08 bits per heavy atom. The van der Waals surface area contributed by atoms with Crippen LogP contribution in [0.1, 0.15) is 22.8 Å². The van der Waals surface area contributed by atoms with Crippen LogP contribution in [0.2, 0.25) is 0 Å². The van der Waals surface area contributed by atoms with Gasteiger partial charge in [0.25, 0.3) is 0 Å². The van der Waals surface area contributed by atoms with E-state index in [9.17, 15) is 4.79 Å². The van der Waals surface area contributed by atoms with Crippen molar-refractivity contribution in [3.8, 4) is 5.75 Å². The number of carbonyl (C=O) groups excluding carboxylic acids is 1. The fraction of sp³-hybridized carbons (Fsp3) is 0.300. The van der Waals surface area contributed by atoms with Crippen molar-refractivity contribution < 1.29 is 15.0 Å². The average Bonchev–Trinajstić information content (AvgIpc) is 2.03. The van der Waals surface area contributed by atoms with Crippen LogP contribution >= 0.6 is 0 Å². The Bertz CT molecular complexity index is 329. The first kappa shape index (κ1) is 9.74. The summed E-state index contributed by atoms with van der Waals surface area (Å²) < 4.78 is 0. The number of benzene rings is 1. The molecule has 0 saturated carbocycles. The molecule has 1 unspecified atom stereocenters. The van der Waals surface area contributed by atoms with E-state index in [1.54, 1.807) is 6.92 Å². The predicted octanol–water partition coefficient (Wildman–Crippen LogP) is 1.26. The van der Waals surface area contributed by atoms with E-state index in [0.717, 1.165) is 0 Å². The molecule has 1 aromatic rings. The molecule has 0 aliphatic heterocycles. The van der Waals surface area contributed by atoms with E-state index in [4.69, 9.17) is 10.2 Å². The van der Waals surface area contributed by atoms with E-state index in [1.807, 2.05) is 0 Å². The van der Waals surface area contributed by atoms with E-state index >= 15 is 0 Å². The molecular formula is C10H12O3. The first-order valence-corrected chi connectivity index (χ1v) is 4.04. The minimum atomic E-state index is -0.997. The highest BCUT2D eigenvalue weighted by Gasteiger charge is 2.14. The van der Waals surface area contributed by atoms with Gasteiger partial charge in [0, 0.05) is 5.56 Å². The van der Waals surface area contributed by atoms with Gasteiger partial charge < -0.3 is 10.2 Å². The van der Waals surface area contributed by atoms with Crippen molar-refractivity contribution in [2.24, 2.45) is 0 Å². The topological polar surface area (TPSA) is 57.5 Å². The van der Waals surface area contributed by atoms with Crippen LogP contribution in [0, 0.1) is 6.92 Å². The summed E-state index contributed by atoms with van der Waals surface area (Å²) >= 11 is 0. The molecule has 70 valence electrons. The molecule has 1 rings (SSSR count). The van der Waals surface area contributed by atoms with Crippen molar-refractivity contribution in [3.63, 3.8) is 0 Å². The van der Waals surface area contributed by atoms with Crippen LogP contribution in [0.5, 0.6) is 5.75 Å². The van der Waals surface area contributed by atoms with Crippen LogP contribution in [0.15, 0.2) is 18.2 Å². The fourth-order valence-corrected chi connectivity index (χ4v) is 1.15. The molecule has 0 amide bonds. The lowest BCUT2D eigenvalue weighted by Crippen LogP contribution is -2.17. The van der Waals surface area contributed by atoms with Crippen molar-refractivity contribution >= 4 is 5.78 Å². The van der Waals surface area contributed by atoms with Crippen LogP contribution in [0.25, 0.3) is 0 Å². The maximum atomic E-state index is 11.3. The van der Waals surface area contributed by atoms with Gasteiger partial charge >= 0.3 is 0 Å². The van der Waals surface area contributed by atoms with Gasteiger partial charge in [0.2, 0.25) is 0 Å². The smallest absolute Gasteiger partial charge is 0.191 e. The quantitative estimate of drug-likeness (QED) is 0.674. The number of phenolic OH excluding ortho intramolecular Hbond substituents is 1. The number of aliphatic hydroxyl groups is 1. The van der Waals surface area contributed by atoms with Gasteiger partial charge in [0.05, 0.1) is 0 Å². The van der Waals surface area contributed by atoms with Crippen LogP contribution < -0.4 is 0 Å². The number of aryl methyl sites for hydroxylation is 1. The van der Waals surface area contributed by atoms with Crippen molar-refractivity contribution in [2.45, 2.75) is 20.0 Å². The van der Waals surface area contributed by atoms with E-state index in [2.05, 4.69) is 0 Å². The SMILES string of the molecule is Cc1cc(O)ccc1C(=O)C(C)O. The number of aromatic hydroxyl groups is 1. The van der Waals surface area contributed by atoms with E-state index in [0.29, 0.717) is 11.1 Å². The number of Topliss-reactive ketones (excluding diaryl/α,β-unsaturated/α-hetero) is 1.